The van der Waals surface area contributed by atoms with Gasteiger partial charge in [-0.3, -0.25) is 4.79 Å². The number of carbonyl (C=O) groups excluding carboxylic acids is 1. The van der Waals surface area contributed by atoms with Crippen molar-refractivity contribution in [2.24, 2.45) is 0 Å². The highest BCUT2D eigenvalue weighted by Crippen LogP contribution is 2.25. The number of methoxy groups -OCH3 is 1. The van der Waals surface area contributed by atoms with Crippen LogP contribution in [0, 0.1) is 0 Å². The molecule has 0 atom stereocenters. The Balaban J connectivity index is 2.18. The van der Waals surface area contributed by atoms with E-state index in [1.807, 2.05) is 0 Å². The summed E-state index contributed by atoms with van der Waals surface area (Å²) in [6, 6.07) is 8.56. The van der Waals surface area contributed by atoms with Gasteiger partial charge in [0, 0.05) is 16.2 Å². The van der Waals surface area contributed by atoms with Crippen molar-refractivity contribution in [3.63, 3.8) is 0 Å². The Labute approximate surface area is 121 Å². The van der Waals surface area contributed by atoms with Crippen LogP contribution in [0.25, 0.3) is 0 Å². The van der Waals surface area contributed by atoms with E-state index in [0.717, 1.165) is 4.47 Å². The molecule has 0 saturated heterocycles. The summed E-state index contributed by atoms with van der Waals surface area (Å²) in [6.07, 6.45) is 0. The Hall–Kier alpha value is -1.27. The molecule has 4 nitrogen and oxygen atoms in total. The van der Waals surface area contributed by atoms with E-state index in [1.165, 1.54) is 0 Å². The molecular weight excluding hydrogens is 366 g/mol. The second-order valence-corrected chi connectivity index (χ2v) is 5.13. The minimum Gasteiger partial charge on any atom is -0.497 e. The molecule has 2 rings (SSSR count). The van der Waals surface area contributed by atoms with Crippen LogP contribution in [0.2, 0.25) is 0 Å². The molecule has 94 valence electrons. The quantitative estimate of drug-likeness (QED) is 0.881. The van der Waals surface area contributed by atoms with Gasteiger partial charge in [-0.05, 0) is 40.2 Å². The zero-order chi connectivity index (χ0) is 13.1. The van der Waals surface area contributed by atoms with Gasteiger partial charge in [0.15, 0.2) is 10.4 Å². The van der Waals surface area contributed by atoms with Gasteiger partial charge in [-0.15, -0.1) is 0 Å². The average molecular weight is 375 g/mol. The predicted octanol–water partition coefficient (Wildman–Crippen LogP) is 4.07. The molecular formula is C12H9Br2NO3. The number of amides is 1. The number of anilines is 1. The first-order chi connectivity index (χ1) is 8.58. The fourth-order valence-electron chi connectivity index (χ4n) is 1.38. The molecule has 0 unspecified atom stereocenters. The molecule has 2 aromatic rings. The zero-order valence-corrected chi connectivity index (χ0v) is 12.5. The van der Waals surface area contributed by atoms with Crippen LogP contribution in [-0.4, -0.2) is 13.0 Å². The molecule has 0 spiro atoms. The molecule has 18 heavy (non-hydrogen) atoms. The summed E-state index contributed by atoms with van der Waals surface area (Å²) in [6.45, 7) is 0. The molecule has 6 heteroatoms. The Morgan fingerprint density at radius 3 is 2.67 bits per heavy atom. The van der Waals surface area contributed by atoms with E-state index in [9.17, 15) is 4.79 Å². The standard InChI is InChI=1S/C12H9Br2NO3/c1-17-9-5-7(13)4-8(6-9)15-12(16)10-2-3-11(14)18-10/h2-6H,1H3,(H,15,16). The third kappa shape index (κ3) is 3.14. The summed E-state index contributed by atoms with van der Waals surface area (Å²) in [7, 11) is 1.57. The normalized spacial score (nSPS) is 10.2. The van der Waals surface area contributed by atoms with E-state index in [0.29, 0.717) is 16.1 Å². The van der Waals surface area contributed by atoms with Crippen molar-refractivity contribution in [3.8, 4) is 5.75 Å². The van der Waals surface area contributed by atoms with E-state index in [-0.39, 0.29) is 11.7 Å². The van der Waals surface area contributed by atoms with Crippen LogP contribution in [0.5, 0.6) is 5.75 Å². The number of hydrogen-bond acceptors (Lipinski definition) is 3. The molecule has 1 heterocycles. The minimum absolute atomic E-state index is 0.237. The summed E-state index contributed by atoms with van der Waals surface area (Å²) < 4.78 is 11.6. The molecule has 0 aliphatic rings. The van der Waals surface area contributed by atoms with Crippen molar-refractivity contribution in [1.82, 2.24) is 0 Å². The average Bonchev–Trinajstić information content (AvgIpc) is 2.75. The molecule has 1 N–H and O–H groups in total. The van der Waals surface area contributed by atoms with Crippen LogP contribution >= 0.6 is 31.9 Å². The van der Waals surface area contributed by atoms with Crippen molar-refractivity contribution in [3.05, 3.63) is 45.2 Å². The first kappa shape index (κ1) is 13.2. The molecule has 0 radical (unpaired) electrons. The highest BCUT2D eigenvalue weighted by molar-refractivity contribution is 9.10. The third-order valence-corrected chi connectivity index (χ3v) is 3.05. The van der Waals surface area contributed by atoms with E-state index in [4.69, 9.17) is 9.15 Å². The number of nitrogens with one attached hydrogen (secondary N) is 1. The maximum atomic E-state index is 11.9. The fraction of sp³-hybridized carbons (Fsp3) is 0.0833. The molecule has 0 aliphatic heterocycles. The van der Waals surface area contributed by atoms with Gasteiger partial charge < -0.3 is 14.5 Å². The van der Waals surface area contributed by atoms with E-state index in [2.05, 4.69) is 37.2 Å². The number of rotatable bonds is 3. The number of benzene rings is 1. The SMILES string of the molecule is COc1cc(Br)cc(NC(=O)c2ccc(Br)o2)c1. The molecule has 0 bridgehead atoms. The van der Waals surface area contributed by atoms with Crippen LogP contribution in [0.1, 0.15) is 10.6 Å². The Morgan fingerprint density at radius 1 is 1.28 bits per heavy atom. The van der Waals surface area contributed by atoms with Gasteiger partial charge >= 0.3 is 0 Å². The first-order valence-electron chi connectivity index (χ1n) is 5.00. The van der Waals surface area contributed by atoms with Gasteiger partial charge in [0.05, 0.1) is 7.11 Å². The predicted molar refractivity (Wildman–Crippen MR) is 75.1 cm³/mol. The van der Waals surface area contributed by atoms with Crippen LogP contribution in [-0.2, 0) is 0 Å². The zero-order valence-electron chi connectivity index (χ0n) is 9.37. The molecule has 0 fully saturated rings. The highest BCUT2D eigenvalue weighted by atomic mass is 79.9. The lowest BCUT2D eigenvalue weighted by Gasteiger charge is -2.06. The van der Waals surface area contributed by atoms with Gasteiger partial charge in [0.25, 0.3) is 5.91 Å². The van der Waals surface area contributed by atoms with E-state index >= 15 is 0 Å². The Kier molecular flexibility index (Phi) is 4.08. The molecule has 1 aromatic carbocycles. The highest BCUT2D eigenvalue weighted by Gasteiger charge is 2.11. The van der Waals surface area contributed by atoms with E-state index in [1.54, 1.807) is 37.4 Å². The third-order valence-electron chi connectivity index (χ3n) is 2.16. The Morgan fingerprint density at radius 2 is 2.06 bits per heavy atom. The van der Waals surface area contributed by atoms with Gasteiger partial charge in [-0.2, -0.15) is 0 Å². The summed E-state index contributed by atoms with van der Waals surface area (Å²) in [5.41, 5.74) is 0.624. The molecule has 1 aromatic heterocycles. The summed E-state index contributed by atoms with van der Waals surface area (Å²) >= 11 is 6.49. The van der Waals surface area contributed by atoms with Gasteiger partial charge in [0.1, 0.15) is 5.75 Å². The van der Waals surface area contributed by atoms with Crippen molar-refractivity contribution in [2.45, 2.75) is 0 Å². The number of halogens is 2. The topological polar surface area (TPSA) is 51.5 Å². The minimum atomic E-state index is -0.319. The van der Waals surface area contributed by atoms with Crippen molar-refractivity contribution < 1.29 is 13.9 Å². The largest absolute Gasteiger partial charge is 0.497 e. The monoisotopic (exact) mass is 373 g/mol. The smallest absolute Gasteiger partial charge is 0.291 e. The van der Waals surface area contributed by atoms with Crippen molar-refractivity contribution in [2.75, 3.05) is 12.4 Å². The number of ether oxygens (including phenoxy) is 1. The lowest BCUT2D eigenvalue weighted by molar-refractivity contribution is 0.0995. The van der Waals surface area contributed by atoms with E-state index < -0.39 is 0 Å². The fourth-order valence-corrected chi connectivity index (χ4v) is 2.16. The number of furan rings is 1. The maximum absolute atomic E-state index is 11.9. The second-order valence-electron chi connectivity index (χ2n) is 3.44. The lowest BCUT2D eigenvalue weighted by atomic mass is 10.3. The molecule has 0 saturated carbocycles. The second kappa shape index (κ2) is 5.58. The van der Waals surface area contributed by atoms with Crippen LogP contribution in [0.4, 0.5) is 5.69 Å². The maximum Gasteiger partial charge on any atom is 0.291 e. The number of carbonyl (C=O) groups is 1. The first-order valence-corrected chi connectivity index (χ1v) is 6.58. The lowest BCUT2D eigenvalue weighted by Crippen LogP contribution is -2.10. The van der Waals surface area contributed by atoms with Gasteiger partial charge in [-0.1, -0.05) is 15.9 Å². The summed E-state index contributed by atoms with van der Waals surface area (Å²) in [5, 5.41) is 2.72. The van der Waals surface area contributed by atoms with Crippen molar-refractivity contribution in [1.29, 1.82) is 0 Å². The van der Waals surface area contributed by atoms with Crippen LogP contribution in [0.3, 0.4) is 0 Å². The molecule has 0 aliphatic carbocycles. The van der Waals surface area contributed by atoms with Crippen LogP contribution in [0.15, 0.2) is 43.9 Å². The summed E-state index contributed by atoms with van der Waals surface area (Å²) in [4.78, 5) is 11.9. The number of hydrogen-bond donors (Lipinski definition) is 1. The molecule has 1 amide bonds. The van der Waals surface area contributed by atoms with Crippen molar-refractivity contribution >= 4 is 43.5 Å². The summed E-state index contributed by atoms with van der Waals surface area (Å²) in [5.74, 6) is 0.571. The Bertz CT molecular complexity index is 580. The van der Waals surface area contributed by atoms with Gasteiger partial charge in [-0.25, -0.2) is 0 Å². The van der Waals surface area contributed by atoms with Crippen LogP contribution < -0.4 is 10.1 Å². The van der Waals surface area contributed by atoms with Gasteiger partial charge in [0.2, 0.25) is 0 Å².